The van der Waals surface area contributed by atoms with Crippen LogP contribution in [0, 0.1) is 30.9 Å². The Morgan fingerprint density at radius 3 is 2.75 bits per heavy atom. The highest BCUT2D eigenvalue weighted by atomic mass is 19.1. The summed E-state index contributed by atoms with van der Waals surface area (Å²) in [7, 11) is 0. The molecule has 2 aromatic carbocycles. The summed E-state index contributed by atoms with van der Waals surface area (Å²) in [6, 6.07) is 5.41. The predicted octanol–water partition coefficient (Wildman–Crippen LogP) is 4.64. The lowest BCUT2D eigenvalue weighted by Gasteiger charge is -2.32. The molecule has 2 saturated heterocycles. The number of pyridine rings is 1. The lowest BCUT2D eigenvalue weighted by Crippen LogP contribution is -2.39. The van der Waals surface area contributed by atoms with Crippen molar-refractivity contribution in [1.29, 1.82) is 0 Å². The third-order valence-corrected chi connectivity index (χ3v) is 7.50. The largest absolute Gasteiger partial charge is 0.508 e. The Balaban J connectivity index is 1.58. The molecule has 6 rings (SSSR count). The molecule has 40 heavy (non-hydrogen) atoms. The van der Waals surface area contributed by atoms with Crippen LogP contribution >= 0.6 is 0 Å². The van der Waals surface area contributed by atoms with Gasteiger partial charge in [-0.3, -0.25) is 0 Å². The molecule has 4 heterocycles. The minimum atomic E-state index is -0.789. The maximum atomic E-state index is 16.5. The molecule has 2 fully saturated rings. The van der Waals surface area contributed by atoms with Crippen molar-refractivity contribution in [3.8, 4) is 35.4 Å². The second kappa shape index (κ2) is 10.5. The Hall–Kier alpha value is -4.07. The lowest BCUT2D eigenvalue weighted by molar-refractivity contribution is 0.0646. The van der Waals surface area contributed by atoms with Gasteiger partial charge in [-0.15, -0.1) is 6.42 Å². The van der Waals surface area contributed by atoms with Gasteiger partial charge in [0.25, 0.3) is 0 Å². The number of halogens is 2. The summed E-state index contributed by atoms with van der Waals surface area (Å²) < 4.78 is 42.8. The van der Waals surface area contributed by atoms with E-state index >= 15 is 4.39 Å². The first kappa shape index (κ1) is 26.2. The standard InChI is InChI=1S/C30H28F2N4O4/c1-3-21-23(31)9-8-17-12-19(38)13-22(25(17)21)27-26(32)28-24(16(2)33-27)29(36-10-4-6-18(37)14-36)35-30(34-28)40-15-20-7-5-11-39-20/h1,8-9,12-13,18,20,37-38H,4-7,10-11,14-15H2,2H3/t18?,20-/m1/s1. The zero-order valence-corrected chi connectivity index (χ0v) is 22.0. The molecule has 2 atom stereocenters. The van der Waals surface area contributed by atoms with Crippen molar-refractivity contribution >= 4 is 27.5 Å². The molecule has 0 radical (unpaired) electrons. The van der Waals surface area contributed by atoms with Crippen molar-refractivity contribution < 1.29 is 28.5 Å². The van der Waals surface area contributed by atoms with Crippen LogP contribution in [0.5, 0.6) is 11.8 Å². The highest BCUT2D eigenvalue weighted by molar-refractivity contribution is 6.03. The van der Waals surface area contributed by atoms with Crippen LogP contribution in [0.4, 0.5) is 14.6 Å². The van der Waals surface area contributed by atoms with Crippen LogP contribution in [-0.4, -0.2) is 63.7 Å². The molecule has 4 aromatic rings. The zero-order chi connectivity index (χ0) is 28.0. The van der Waals surface area contributed by atoms with Crippen LogP contribution in [0.15, 0.2) is 24.3 Å². The molecular formula is C30H28F2N4O4. The van der Waals surface area contributed by atoms with Gasteiger partial charge in [-0.05, 0) is 56.2 Å². The molecule has 2 N–H and O–H groups in total. The Kier molecular flexibility index (Phi) is 6.86. The number of piperidine rings is 1. The van der Waals surface area contributed by atoms with Gasteiger partial charge in [0.15, 0.2) is 5.82 Å². The lowest BCUT2D eigenvalue weighted by atomic mass is 9.95. The minimum Gasteiger partial charge on any atom is -0.508 e. The average molecular weight is 547 g/mol. The first-order chi connectivity index (χ1) is 19.3. The van der Waals surface area contributed by atoms with E-state index in [9.17, 15) is 14.6 Å². The van der Waals surface area contributed by atoms with E-state index in [0.717, 1.165) is 19.3 Å². The number of nitrogens with zero attached hydrogens (tertiary/aromatic N) is 4. The van der Waals surface area contributed by atoms with Gasteiger partial charge >= 0.3 is 6.01 Å². The smallest absolute Gasteiger partial charge is 0.319 e. The monoisotopic (exact) mass is 546 g/mol. The summed E-state index contributed by atoms with van der Waals surface area (Å²) in [6.45, 7) is 3.51. The molecule has 2 aliphatic rings. The number of hydrogen-bond donors (Lipinski definition) is 2. The van der Waals surface area contributed by atoms with E-state index in [2.05, 4.69) is 20.9 Å². The van der Waals surface area contributed by atoms with Gasteiger partial charge < -0.3 is 24.6 Å². The quantitative estimate of drug-likeness (QED) is 0.350. The van der Waals surface area contributed by atoms with Crippen LogP contribution in [0.25, 0.3) is 32.9 Å². The summed E-state index contributed by atoms with van der Waals surface area (Å²) in [4.78, 5) is 15.5. The number of aromatic hydroxyl groups is 1. The number of terminal acetylenes is 1. The topological polar surface area (TPSA) is 101 Å². The molecule has 206 valence electrons. The molecule has 0 aliphatic carbocycles. The van der Waals surface area contributed by atoms with Gasteiger partial charge in [-0.1, -0.05) is 12.0 Å². The Morgan fingerprint density at radius 2 is 2.00 bits per heavy atom. The van der Waals surface area contributed by atoms with Gasteiger partial charge in [0.2, 0.25) is 0 Å². The first-order valence-electron chi connectivity index (χ1n) is 13.3. The molecule has 2 aromatic heterocycles. The summed E-state index contributed by atoms with van der Waals surface area (Å²) in [5.74, 6) is 1.19. The number of ether oxygens (including phenoxy) is 2. The van der Waals surface area contributed by atoms with E-state index < -0.39 is 17.7 Å². The third-order valence-electron chi connectivity index (χ3n) is 7.50. The van der Waals surface area contributed by atoms with Crippen LogP contribution < -0.4 is 9.64 Å². The van der Waals surface area contributed by atoms with Crippen molar-refractivity contribution in [2.24, 2.45) is 0 Å². The Bertz CT molecular complexity index is 1670. The van der Waals surface area contributed by atoms with Crippen molar-refractivity contribution in [1.82, 2.24) is 15.0 Å². The third kappa shape index (κ3) is 4.65. The highest BCUT2D eigenvalue weighted by Gasteiger charge is 2.28. The Labute approximate surface area is 229 Å². The number of fused-ring (bicyclic) bond motifs is 2. The first-order valence-corrected chi connectivity index (χ1v) is 13.3. The van der Waals surface area contributed by atoms with Crippen molar-refractivity contribution in [2.45, 2.75) is 44.8 Å². The van der Waals surface area contributed by atoms with Crippen LogP contribution in [-0.2, 0) is 4.74 Å². The number of phenols is 1. The number of hydrogen-bond acceptors (Lipinski definition) is 8. The van der Waals surface area contributed by atoms with Crippen molar-refractivity contribution in [2.75, 3.05) is 31.2 Å². The molecule has 1 unspecified atom stereocenters. The molecule has 2 aliphatic heterocycles. The van der Waals surface area contributed by atoms with Crippen LogP contribution in [0.1, 0.15) is 36.9 Å². The number of aryl methyl sites for hydroxylation is 1. The number of anilines is 1. The molecule has 0 spiro atoms. The fourth-order valence-electron chi connectivity index (χ4n) is 5.62. The highest BCUT2D eigenvalue weighted by Crippen LogP contribution is 2.40. The summed E-state index contributed by atoms with van der Waals surface area (Å²) in [6.07, 6.45) is 8.17. The number of benzene rings is 2. The van der Waals surface area contributed by atoms with Crippen LogP contribution in [0.3, 0.4) is 0 Å². The number of aromatic nitrogens is 3. The zero-order valence-electron chi connectivity index (χ0n) is 22.0. The molecule has 0 amide bonds. The second-order valence-electron chi connectivity index (χ2n) is 10.3. The predicted molar refractivity (Wildman–Crippen MR) is 146 cm³/mol. The Morgan fingerprint density at radius 1 is 1.15 bits per heavy atom. The molecular weight excluding hydrogens is 518 g/mol. The maximum absolute atomic E-state index is 16.5. The molecule has 0 saturated carbocycles. The van der Waals surface area contributed by atoms with E-state index in [4.69, 9.17) is 15.9 Å². The fourth-order valence-corrected chi connectivity index (χ4v) is 5.62. The normalized spacial score (nSPS) is 19.3. The van der Waals surface area contributed by atoms with E-state index in [-0.39, 0.29) is 52.2 Å². The number of rotatable bonds is 5. The van der Waals surface area contributed by atoms with Gasteiger partial charge in [-0.25, -0.2) is 13.8 Å². The van der Waals surface area contributed by atoms with Gasteiger partial charge in [-0.2, -0.15) is 9.97 Å². The number of aliphatic hydroxyl groups excluding tert-OH is 1. The van der Waals surface area contributed by atoms with Crippen molar-refractivity contribution in [3.63, 3.8) is 0 Å². The van der Waals surface area contributed by atoms with E-state index in [1.165, 1.54) is 24.3 Å². The number of β-amino-alcohol motifs (C(OH)–C–C–N with tert-alkyl or cyclic N) is 1. The molecule has 0 bridgehead atoms. The fraction of sp³-hybridized carbons (Fsp3) is 0.367. The van der Waals surface area contributed by atoms with Gasteiger partial charge in [0.1, 0.15) is 35.2 Å². The van der Waals surface area contributed by atoms with Gasteiger partial charge in [0, 0.05) is 30.6 Å². The van der Waals surface area contributed by atoms with E-state index in [1.807, 2.05) is 4.90 Å². The number of phenolic OH excluding ortho intramolecular Hbond substituents is 1. The summed E-state index contributed by atoms with van der Waals surface area (Å²) >= 11 is 0. The summed E-state index contributed by atoms with van der Waals surface area (Å²) in [5.41, 5.74) is 0.326. The maximum Gasteiger partial charge on any atom is 0.319 e. The average Bonchev–Trinajstić information content (AvgIpc) is 3.47. The van der Waals surface area contributed by atoms with E-state index in [1.54, 1.807) is 6.92 Å². The van der Waals surface area contributed by atoms with E-state index in [0.29, 0.717) is 48.4 Å². The summed E-state index contributed by atoms with van der Waals surface area (Å²) in [5, 5.41) is 21.9. The molecule has 8 nitrogen and oxygen atoms in total. The SMILES string of the molecule is C#Cc1c(F)ccc2cc(O)cc(-c3nc(C)c4c(N5CCCC(O)C5)nc(OC[C@H]5CCCO5)nc4c3F)c12. The van der Waals surface area contributed by atoms with Crippen molar-refractivity contribution in [3.05, 3.63) is 47.2 Å². The van der Waals surface area contributed by atoms with Gasteiger partial charge in [0.05, 0.1) is 28.9 Å². The van der Waals surface area contributed by atoms with Crippen LogP contribution in [0.2, 0.25) is 0 Å². The minimum absolute atomic E-state index is 0.0235. The molecule has 10 heteroatoms. The second-order valence-corrected chi connectivity index (χ2v) is 10.3. The number of aliphatic hydroxyl groups is 1.